The molecule has 0 unspecified atom stereocenters. The summed E-state index contributed by atoms with van der Waals surface area (Å²) in [5.74, 6) is -0.654. The van der Waals surface area contributed by atoms with Gasteiger partial charge in [-0.2, -0.15) is 0 Å². The van der Waals surface area contributed by atoms with Gasteiger partial charge in [-0.15, -0.1) is 0 Å². The van der Waals surface area contributed by atoms with Crippen LogP contribution in [0.5, 0.6) is 0 Å². The molecule has 0 aromatic rings. The van der Waals surface area contributed by atoms with E-state index >= 15 is 0 Å². The summed E-state index contributed by atoms with van der Waals surface area (Å²) in [4.78, 5) is 22.3. The maximum Gasteiger partial charge on any atom is 0.303 e. The molecular formula is C22H30O4. The molecule has 0 aliphatic heterocycles. The number of aliphatic hydroxyl groups excluding tert-OH is 1. The number of ketones is 1. The summed E-state index contributed by atoms with van der Waals surface area (Å²) in [6.45, 7) is 1.91. The fourth-order valence-electron chi connectivity index (χ4n) is 2.63. The second kappa shape index (κ2) is 13.1. The van der Waals surface area contributed by atoms with E-state index in [1.807, 2.05) is 31.2 Å². The van der Waals surface area contributed by atoms with Crippen molar-refractivity contribution in [1.82, 2.24) is 0 Å². The van der Waals surface area contributed by atoms with E-state index in [2.05, 4.69) is 24.3 Å². The van der Waals surface area contributed by atoms with Crippen LogP contribution in [0.15, 0.2) is 60.8 Å². The zero-order valence-corrected chi connectivity index (χ0v) is 15.5. The molecule has 3 atom stereocenters. The van der Waals surface area contributed by atoms with Gasteiger partial charge >= 0.3 is 5.97 Å². The second-order valence-electron chi connectivity index (χ2n) is 6.37. The van der Waals surface area contributed by atoms with Gasteiger partial charge in [0.05, 0.1) is 6.10 Å². The van der Waals surface area contributed by atoms with Gasteiger partial charge in [0.1, 0.15) is 0 Å². The molecule has 0 amide bonds. The first-order valence-corrected chi connectivity index (χ1v) is 9.29. The van der Waals surface area contributed by atoms with Crippen molar-refractivity contribution in [3.63, 3.8) is 0 Å². The molecule has 0 saturated carbocycles. The van der Waals surface area contributed by atoms with Crippen LogP contribution in [0.3, 0.4) is 0 Å². The Morgan fingerprint density at radius 1 is 1.15 bits per heavy atom. The smallest absolute Gasteiger partial charge is 0.303 e. The number of allylic oxidation sites excluding steroid dienone is 9. The molecule has 4 nitrogen and oxygen atoms in total. The first-order valence-electron chi connectivity index (χ1n) is 9.29. The standard InChI is InChI=1S/C22H30O4/c1-2-19(23)15-16-20-18(14-17-21(20)24)12-10-8-6-4-3-5-7-9-11-13-22(25)26/h3-4,7-10,14-20,23H,2,5-6,11-13H2,1H3,(H,25,26)/b4-3-,9-7-,10-8-,16-15+/t18-,19-,20+/m0/s1. The number of hydrogen-bond acceptors (Lipinski definition) is 3. The van der Waals surface area contributed by atoms with Gasteiger partial charge in [0.25, 0.3) is 0 Å². The maximum absolute atomic E-state index is 11.9. The lowest BCUT2D eigenvalue weighted by Gasteiger charge is -2.13. The molecule has 142 valence electrons. The van der Waals surface area contributed by atoms with Crippen molar-refractivity contribution in [2.75, 3.05) is 0 Å². The minimum absolute atomic E-state index is 0.109. The van der Waals surface area contributed by atoms with Crippen molar-refractivity contribution in [3.05, 3.63) is 60.8 Å². The summed E-state index contributed by atoms with van der Waals surface area (Å²) in [5, 5.41) is 18.1. The zero-order valence-electron chi connectivity index (χ0n) is 15.5. The van der Waals surface area contributed by atoms with Crippen LogP contribution in [0.2, 0.25) is 0 Å². The highest BCUT2D eigenvalue weighted by Crippen LogP contribution is 2.27. The van der Waals surface area contributed by atoms with Crippen molar-refractivity contribution in [3.8, 4) is 0 Å². The topological polar surface area (TPSA) is 74.6 Å². The number of hydrogen-bond donors (Lipinski definition) is 2. The average molecular weight is 358 g/mol. The largest absolute Gasteiger partial charge is 0.481 e. The molecule has 2 N–H and O–H groups in total. The summed E-state index contributed by atoms with van der Waals surface area (Å²) in [7, 11) is 0. The summed E-state index contributed by atoms with van der Waals surface area (Å²) in [6, 6.07) is 0. The van der Waals surface area contributed by atoms with E-state index in [9.17, 15) is 14.7 Å². The van der Waals surface area contributed by atoms with Crippen LogP contribution in [0.4, 0.5) is 0 Å². The Kier molecular flexibility index (Phi) is 11.0. The number of carbonyl (C=O) groups is 2. The van der Waals surface area contributed by atoms with Crippen LogP contribution in [0.1, 0.15) is 45.4 Å². The van der Waals surface area contributed by atoms with E-state index in [1.54, 1.807) is 12.2 Å². The van der Waals surface area contributed by atoms with E-state index in [0.717, 1.165) is 19.3 Å². The molecule has 0 bridgehead atoms. The van der Waals surface area contributed by atoms with Crippen molar-refractivity contribution >= 4 is 11.8 Å². The Hall–Kier alpha value is -2.20. The van der Waals surface area contributed by atoms with Crippen molar-refractivity contribution in [2.24, 2.45) is 11.8 Å². The molecule has 0 aromatic carbocycles. The quantitative estimate of drug-likeness (QED) is 0.507. The molecule has 4 heteroatoms. The molecule has 26 heavy (non-hydrogen) atoms. The van der Waals surface area contributed by atoms with E-state index in [-0.39, 0.29) is 24.0 Å². The minimum Gasteiger partial charge on any atom is -0.481 e. The van der Waals surface area contributed by atoms with Crippen LogP contribution >= 0.6 is 0 Å². The molecule has 1 rings (SSSR count). The minimum atomic E-state index is -0.770. The highest BCUT2D eigenvalue weighted by atomic mass is 16.4. The molecule has 0 spiro atoms. The van der Waals surface area contributed by atoms with Crippen LogP contribution in [0, 0.1) is 11.8 Å². The predicted molar refractivity (Wildman–Crippen MR) is 105 cm³/mol. The molecule has 1 aliphatic rings. The summed E-state index contributed by atoms with van der Waals surface area (Å²) >= 11 is 0. The maximum atomic E-state index is 11.9. The van der Waals surface area contributed by atoms with Gasteiger partial charge in [-0.25, -0.2) is 0 Å². The monoisotopic (exact) mass is 358 g/mol. The van der Waals surface area contributed by atoms with E-state index in [0.29, 0.717) is 12.8 Å². The lowest BCUT2D eigenvalue weighted by molar-refractivity contribution is -0.136. The third-order valence-electron chi connectivity index (χ3n) is 4.23. The Labute approximate surface area is 156 Å². The van der Waals surface area contributed by atoms with Gasteiger partial charge in [0.2, 0.25) is 0 Å². The van der Waals surface area contributed by atoms with Crippen LogP contribution in [0.25, 0.3) is 0 Å². The van der Waals surface area contributed by atoms with Gasteiger partial charge in [-0.05, 0) is 44.1 Å². The Morgan fingerprint density at radius 3 is 2.46 bits per heavy atom. The summed E-state index contributed by atoms with van der Waals surface area (Å²) in [6.07, 6.45) is 22.7. The van der Waals surface area contributed by atoms with Crippen LogP contribution < -0.4 is 0 Å². The number of aliphatic hydroxyl groups is 1. The third-order valence-corrected chi connectivity index (χ3v) is 4.23. The first-order chi connectivity index (χ1) is 12.5. The molecule has 0 heterocycles. The highest BCUT2D eigenvalue weighted by Gasteiger charge is 2.26. The van der Waals surface area contributed by atoms with E-state index < -0.39 is 12.1 Å². The summed E-state index contributed by atoms with van der Waals surface area (Å²) < 4.78 is 0. The van der Waals surface area contributed by atoms with Crippen molar-refractivity contribution < 1.29 is 19.8 Å². The highest BCUT2D eigenvalue weighted by molar-refractivity contribution is 5.95. The molecular weight excluding hydrogens is 328 g/mol. The number of rotatable bonds is 12. The molecule has 0 radical (unpaired) electrons. The number of carboxylic acid groups (broad SMARTS) is 1. The van der Waals surface area contributed by atoms with E-state index in [1.165, 1.54) is 0 Å². The van der Waals surface area contributed by atoms with Crippen molar-refractivity contribution in [2.45, 2.75) is 51.6 Å². The Morgan fingerprint density at radius 2 is 1.81 bits per heavy atom. The van der Waals surface area contributed by atoms with Crippen molar-refractivity contribution in [1.29, 1.82) is 0 Å². The lowest BCUT2D eigenvalue weighted by Crippen LogP contribution is -2.13. The molecule has 0 fully saturated rings. The average Bonchev–Trinajstić information content (AvgIpc) is 2.97. The van der Waals surface area contributed by atoms with Gasteiger partial charge < -0.3 is 10.2 Å². The van der Waals surface area contributed by atoms with Gasteiger partial charge in [0, 0.05) is 12.3 Å². The zero-order chi connectivity index (χ0) is 19.2. The van der Waals surface area contributed by atoms with Crippen LogP contribution in [-0.4, -0.2) is 28.1 Å². The Bertz CT molecular complexity index is 581. The molecule has 0 saturated heterocycles. The summed E-state index contributed by atoms with van der Waals surface area (Å²) in [5.41, 5.74) is 0. The number of carbonyl (C=O) groups excluding carboxylic acids is 1. The number of carboxylic acids is 1. The van der Waals surface area contributed by atoms with Gasteiger partial charge in [0.15, 0.2) is 5.78 Å². The lowest BCUT2D eigenvalue weighted by atomic mass is 9.91. The number of aliphatic carboxylic acids is 1. The fourth-order valence-corrected chi connectivity index (χ4v) is 2.63. The normalized spacial score (nSPS) is 21.8. The Balaban J connectivity index is 2.27. The third kappa shape index (κ3) is 9.33. The fraction of sp³-hybridized carbons (Fsp3) is 0.455. The second-order valence-corrected chi connectivity index (χ2v) is 6.37. The predicted octanol–water partition coefficient (Wildman–Crippen LogP) is 4.39. The van der Waals surface area contributed by atoms with Gasteiger partial charge in [-0.1, -0.05) is 61.6 Å². The van der Waals surface area contributed by atoms with Crippen LogP contribution in [-0.2, 0) is 9.59 Å². The SMILES string of the molecule is CC[C@H](O)/C=C/[C@H]1C(=O)C=C[C@@H]1C/C=C\C/C=C\C/C=C\CCC(=O)O. The van der Waals surface area contributed by atoms with Gasteiger partial charge in [-0.3, -0.25) is 9.59 Å². The molecule has 1 aliphatic carbocycles. The molecule has 0 aromatic heterocycles. The van der Waals surface area contributed by atoms with E-state index in [4.69, 9.17) is 5.11 Å². The first kappa shape index (κ1) is 21.8.